The van der Waals surface area contributed by atoms with Crippen LogP contribution in [0.1, 0.15) is 35.3 Å². The number of carbonyl (C=O) groups is 1. The zero-order valence-electron chi connectivity index (χ0n) is 19.1. The number of halogens is 1. The third kappa shape index (κ3) is 4.12. The number of carbonyl (C=O) groups excluding carboxylic acids is 1. The van der Waals surface area contributed by atoms with Gasteiger partial charge in [0.05, 0.1) is 29.2 Å². The number of aromatic amines is 1. The van der Waals surface area contributed by atoms with Gasteiger partial charge in [0.1, 0.15) is 11.5 Å². The van der Waals surface area contributed by atoms with Crippen molar-refractivity contribution >= 4 is 56.4 Å². The number of hydrogen-bond acceptors (Lipinski definition) is 5. The Labute approximate surface area is 210 Å². The van der Waals surface area contributed by atoms with E-state index in [4.69, 9.17) is 4.98 Å². The minimum atomic E-state index is -0.220. The van der Waals surface area contributed by atoms with E-state index < -0.39 is 0 Å². The van der Waals surface area contributed by atoms with Gasteiger partial charge in [-0.2, -0.15) is 0 Å². The Morgan fingerprint density at radius 2 is 1.91 bits per heavy atom. The predicted octanol–water partition coefficient (Wildman–Crippen LogP) is 5.55. The minimum Gasteiger partial charge on any atom is -0.331 e. The van der Waals surface area contributed by atoms with Crippen LogP contribution < -0.4 is 10.2 Å². The lowest BCUT2D eigenvalue weighted by Gasteiger charge is -2.28. The van der Waals surface area contributed by atoms with Gasteiger partial charge in [-0.05, 0) is 48.3 Å². The van der Waals surface area contributed by atoms with Gasteiger partial charge < -0.3 is 14.9 Å². The lowest BCUT2D eigenvalue weighted by molar-refractivity contribution is 0.249. The summed E-state index contributed by atoms with van der Waals surface area (Å²) in [6.45, 7) is 11.3. The molecule has 0 aliphatic carbocycles. The number of nitrogens with one attached hydrogen (secondary N) is 2. The molecule has 8 nitrogen and oxygen atoms in total. The smallest absolute Gasteiger partial charge is 0.327 e. The summed E-state index contributed by atoms with van der Waals surface area (Å²) in [5.41, 5.74) is 6.10. The van der Waals surface area contributed by atoms with Crippen molar-refractivity contribution in [2.75, 3.05) is 4.90 Å². The van der Waals surface area contributed by atoms with E-state index in [9.17, 15) is 4.79 Å². The number of nitrogens with zero attached hydrogens (tertiary/aromatic N) is 5. The van der Waals surface area contributed by atoms with Crippen molar-refractivity contribution in [3.63, 3.8) is 0 Å². The maximum atomic E-state index is 12.9. The highest BCUT2D eigenvalue weighted by atomic mass is 79.9. The molecule has 1 aliphatic rings. The van der Waals surface area contributed by atoms with Crippen molar-refractivity contribution in [1.29, 1.82) is 0 Å². The number of pyridine rings is 1. The van der Waals surface area contributed by atoms with E-state index >= 15 is 0 Å². The number of hydrogen-bond donors (Lipinski definition) is 2. The molecule has 1 aliphatic heterocycles. The van der Waals surface area contributed by atoms with E-state index in [0.717, 1.165) is 37.9 Å². The number of anilines is 1. The predicted molar refractivity (Wildman–Crippen MR) is 139 cm³/mol. The number of thioether (sulfide) groups is 1. The summed E-state index contributed by atoms with van der Waals surface area (Å²) >= 11 is 5.07. The fourth-order valence-corrected chi connectivity index (χ4v) is 5.12. The van der Waals surface area contributed by atoms with Crippen molar-refractivity contribution in [3.05, 3.63) is 69.7 Å². The van der Waals surface area contributed by atoms with E-state index in [1.807, 2.05) is 44.2 Å². The van der Waals surface area contributed by atoms with Crippen LogP contribution in [0.4, 0.5) is 10.6 Å². The van der Waals surface area contributed by atoms with E-state index in [-0.39, 0.29) is 6.03 Å². The standard InChI is InChI=1S/C24H24BrN7OS/c1-5-31-19(12-34-23-28-18-10-17(25)14(3)26-21(18)30-23)29-22-20(31)15(4)27-24(33)32(22)11-16-8-6-13(2)7-9-16/h6-10H,4-5,11-12H2,1-3H3,(H,27,33)(H,26,28,30). The first-order valence-electron chi connectivity index (χ1n) is 10.9. The molecule has 4 heterocycles. The molecule has 1 aromatic carbocycles. The van der Waals surface area contributed by atoms with Gasteiger partial charge in [0.2, 0.25) is 0 Å². The minimum absolute atomic E-state index is 0.220. The van der Waals surface area contributed by atoms with E-state index in [1.165, 1.54) is 5.56 Å². The molecule has 0 unspecified atom stereocenters. The van der Waals surface area contributed by atoms with Crippen LogP contribution >= 0.6 is 27.7 Å². The summed E-state index contributed by atoms with van der Waals surface area (Å²) in [6.07, 6.45) is 0. The summed E-state index contributed by atoms with van der Waals surface area (Å²) < 4.78 is 3.05. The van der Waals surface area contributed by atoms with Crippen LogP contribution in [-0.2, 0) is 18.8 Å². The number of amides is 2. The largest absolute Gasteiger partial charge is 0.331 e. The number of fused-ring (bicyclic) bond motifs is 2. The molecule has 0 atom stereocenters. The average Bonchev–Trinajstić information content (AvgIpc) is 3.37. The van der Waals surface area contributed by atoms with Gasteiger partial charge in [0, 0.05) is 11.0 Å². The van der Waals surface area contributed by atoms with Gasteiger partial charge in [0.15, 0.2) is 16.6 Å². The summed E-state index contributed by atoms with van der Waals surface area (Å²) in [7, 11) is 0. The molecule has 5 rings (SSSR count). The molecule has 3 aromatic heterocycles. The van der Waals surface area contributed by atoms with Crippen molar-refractivity contribution in [3.8, 4) is 0 Å². The Kier molecular flexibility index (Phi) is 5.95. The molecule has 10 heteroatoms. The Bertz CT molecular complexity index is 1380. The lowest BCUT2D eigenvalue weighted by Crippen LogP contribution is -2.43. The van der Waals surface area contributed by atoms with Gasteiger partial charge in [-0.3, -0.25) is 4.90 Å². The molecule has 34 heavy (non-hydrogen) atoms. The van der Waals surface area contributed by atoms with Gasteiger partial charge >= 0.3 is 6.03 Å². The number of aryl methyl sites for hydroxylation is 2. The molecule has 2 N–H and O–H groups in total. The van der Waals surface area contributed by atoms with Gasteiger partial charge in [-0.15, -0.1) is 0 Å². The molecule has 0 fully saturated rings. The monoisotopic (exact) mass is 537 g/mol. The molecule has 0 bridgehead atoms. The average molecular weight is 538 g/mol. The van der Waals surface area contributed by atoms with E-state index in [0.29, 0.717) is 36.0 Å². The number of H-pyrrole nitrogens is 1. The highest BCUT2D eigenvalue weighted by Gasteiger charge is 2.32. The fourth-order valence-electron chi connectivity index (χ4n) is 3.98. The lowest BCUT2D eigenvalue weighted by atomic mass is 10.1. The first-order valence-corrected chi connectivity index (χ1v) is 12.7. The van der Waals surface area contributed by atoms with Crippen molar-refractivity contribution in [2.45, 2.75) is 44.8 Å². The molecule has 0 saturated heterocycles. The first-order chi connectivity index (χ1) is 16.3. The molecule has 0 radical (unpaired) electrons. The Morgan fingerprint density at radius 3 is 2.65 bits per heavy atom. The summed E-state index contributed by atoms with van der Waals surface area (Å²) in [6, 6.07) is 9.94. The molecular weight excluding hydrogens is 514 g/mol. The van der Waals surface area contributed by atoms with Crippen LogP contribution in [0, 0.1) is 13.8 Å². The normalized spacial score (nSPS) is 13.5. The molecule has 4 aromatic rings. The summed E-state index contributed by atoms with van der Waals surface area (Å²) in [5, 5.41) is 3.67. The van der Waals surface area contributed by atoms with Crippen molar-refractivity contribution < 1.29 is 4.79 Å². The summed E-state index contributed by atoms with van der Waals surface area (Å²) in [4.78, 5) is 31.9. The van der Waals surface area contributed by atoms with Gasteiger partial charge in [0.25, 0.3) is 0 Å². The second kappa shape index (κ2) is 8.92. The fraction of sp³-hybridized carbons (Fsp3) is 0.250. The number of imidazole rings is 2. The van der Waals surface area contributed by atoms with Crippen LogP contribution in [0.25, 0.3) is 16.9 Å². The maximum absolute atomic E-state index is 12.9. The molecule has 0 saturated carbocycles. The second-order valence-electron chi connectivity index (χ2n) is 8.18. The van der Waals surface area contributed by atoms with Gasteiger partial charge in [-0.1, -0.05) is 48.2 Å². The molecular formula is C24H24BrN7OS. The second-order valence-corrected chi connectivity index (χ2v) is 10.0. The molecule has 174 valence electrons. The number of urea groups is 1. The van der Waals surface area contributed by atoms with Crippen molar-refractivity contribution in [2.24, 2.45) is 0 Å². The first kappa shape index (κ1) is 22.7. The number of rotatable bonds is 6. The van der Waals surface area contributed by atoms with E-state index in [2.05, 4.69) is 54.3 Å². The van der Waals surface area contributed by atoms with Crippen LogP contribution in [0.3, 0.4) is 0 Å². The topological polar surface area (TPSA) is 91.7 Å². The number of aromatic nitrogens is 5. The van der Waals surface area contributed by atoms with Crippen molar-refractivity contribution in [1.82, 2.24) is 29.8 Å². The Hall–Kier alpha value is -3.11. The van der Waals surface area contributed by atoms with Gasteiger partial charge in [-0.25, -0.2) is 19.7 Å². The molecule has 0 spiro atoms. The number of benzene rings is 1. The highest BCUT2D eigenvalue weighted by Crippen LogP contribution is 2.34. The third-order valence-corrected chi connectivity index (χ3v) is 7.44. The maximum Gasteiger partial charge on any atom is 0.327 e. The van der Waals surface area contributed by atoms with Crippen LogP contribution in [0.2, 0.25) is 0 Å². The zero-order valence-corrected chi connectivity index (χ0v) is 21.5. The van der Waals surface area contributed by atoms with Crippen LogP contribution in [0.15, 0.2) is 46.5 Å². The van der Waals surface area contributed by atoms with E-state index in [1.54, 1.807) is 16.7 Å². The summed E-state index contributed by atoms with van der Waals surface area (Å²) in [5.74, 6) is 2.08. The third-order valence-electron chi connectivity index (χ3n) is 5.77. The molecule has 2 amide bonds. The Balaban J connectivity index is 1.45. The zero-order chi connectivity index (χ0) is 24.0. The highest BCUT2D eigenvalue weighted by molar-refractivity contribution is 9.10. The SMILES string of the molecule is C=C1NC(=O)N(Cc2ccc(C)cc2)c2nc(CSc3nc4nc(C)c(Br)cc4[nH]3)n(CC)c21. The van der Waals surface area contributed by atoms with Crippen LogP contribution in [-0.4, -0.2) is 30.5 Å². The van der Waals surface area contributed by atoms with Crippen LogP contribution in [0.5, 0.6) is 0 Å². The quantitative estimate of drug-likeness (QED) is 0.315. The Morgan fingerprint density at radius 1 is 1.15 bits per heavy atom.